The van der Waals surface area contributed by atoms with Gasteiger partial charge in [-0.2, -0.15) is 5.10 Å². The fourth-order valence-corrected chi connectivity index (χ4v) is 4.67. The lowest BCUT2D eigenvalue weighted by Gasteiger charge is -2.12. The molecule has 1 heterocycles. The zero-order chi connectivity index (χ0) is 22.4. The van der Waals surface area contributed by atoms with Crippen LogP contribution < -0.4 is 10.6 Å². The Morgan fingerprint density at radius 3 is 2.77 bits per heavy atom. The number of aromatic amines is 1. The summed E-state index contributed by atoms with van der Waals surface area (Å²) in [5, 5.41) is 12.5. The second-order valence-corrected chi connectivity index (χ2v) is 9.76. The summed E-state index contributed by atoms with van der Waals surface area (Å²) in [6.07, 6.45) is 3.68. The molecule has 0 radical (unpaired) electrons. The zero-order valence-corrected chi connectivity index (χ0v) is 18.5. The second-order valence-electron chi connectivity index (χ2n) is 7.78. The fourth-order valence-electron chi connectivity index (χ4n) is 3.73. The van der Waals surface area contributed by atoms with Crippen LogP contribution in [0.25, 0.3) is 0 Å². The maximum atomic E-state index is 12.4. The summed E-state index contributed by atoms with van der Waals surface area (Å²) in [6.45, 7) is 2.57. The molecule has 168 valence electrons. The molecule has 10 heteroatoms. The zero-order valence-electron chi connectivity index (χ0n) is 17.7. The molecule has 1 fully saturated rings. The third-order valence-electron chi connectivity index (χ3n) is 5.21. The molecular weight excluding hydrogens is 420 g/mol. The van der Waals surface area contributed by atoms with E-state index in [0.717, 1.165) is 31.2 Å². The Bertz CT molecular complexity index is 1030. The topological polar surface area (TPSA) is 130 Å². The summed E-state index contributed by atoms with van der Waals surface area (Å²) in [4.78, 5) is 24.3. The van der Waals surface area contributed by atoms with E-state index in [2.05, 4.69) is 20.8 Å². The van der Waals surface area contributed by atoms with Crippen molar-refractivity contribution in [3.05, 3.63) is 41.6 Å². The van der Waals surface area contributed by atoms with Crippen molar-refractivity contribution in [1.82, 2.24) is 15.5 Å². The van der Waals surface area contributed by atoms with E-state index < -0.39 is 9.84 Å². The van der Waals surface area contributed by atoms with E-state index in [1.165, 1.54) is 6.07 Å². The molecule has 0 saturated heterocycles. The number of anilines is 1. The van der Waals surface area contributed by atoms with Gasteiger partial charge in [-0.1, -0.05) is 25.1 Å². The number of nitrogens with one attached hydrogen (secondary N) is 3. The number of nitrogens with zero attached hydrogens (tertiary/aromatic N) is 1. The van der Waals surface area contributed by atoms with Crippen molar-refractivity contribution in [3.8, 4) is 0 Å². The highest BCUT2D eigenvalue weighted by molar-refractivity contribution is 7.90. The van der Waals surface area contributed by atoms with Gasteiger partial charge in [-0.15, -0.1) is 0 Å². The summed E-state index contributed by atoms with van der Waals surface area (Å²) >= 11 is 0. The third-order valence-corrected chi connectivity index (χ3v) is 6.40. The molecule has 0 bridgehead atoms. The summed E-state index contributed by atoms with van der Waals surface area (Å²) in [6, 6.07) is 8.21. The van der Waals surface area contributed by atoms with Gasteiger partial charge in [0.05, 0.1) is 11.3 Å². The van der Waals surface area contributed by atoms with E-state index in [4.69, 9.17) is 4.74 Å². The third kappa shape index (κ3) is 6.30. The SMILES string of the molecule is CCCNC(=O)O[C@H]1CC[C@@H](c2cc(NC(=O)Cc3ccccc3S(C)(=O)=O)n[nH]2)C1. The standard InChI is InChI=1S/C21H28N4O5S/c1-3-10-22-21(27)30-16-9-8-14(11-16)17-13-19(25-24-17)23-20(26)12-15-6-4-5-7-18(15)31(2,28)29/h4-7,13-14,16H,3,8-12H2,1-2H3,(H,22,27)(H2,23,24,25,26)/t14-,16+/m1/s1. The Kier molecular flexibility index (Phi) is 7.32. The largest absolute Gasteiger partial charge is 0.446 e. The van der Waals surface area contributed by atoms with Gasteiger partial charge in [-0.3, -0.25) is 9.89 Å². The highest BCUT2D eigenvalue weighted by Gasteiger charge is 2.30. The number of amides is 2. The molecule has 2 amide bonds. The van der Waals surface area contributed by atoms with Gasteiger partial charge >= 0.3 is 6.09 Å². The Labute approximate surface area is 181 Å². The number of benzene rings is 1. The van der Waals surface area contributed by atoms with Crippen LogP contribution in [-0.2, 0) is 25.8 Å². The number of hydrogen-bond donors (Lipinski definition) is 3. The molecule has 1 aliphatic rings. The van der Waals surface area contributed by atoms with Crippen molar-refractivity contribution in [2.75, 3.05) is 18.1 Å². The van der Waals surface area contributed by atoms with Crippen molar-refractivity contribution >= 4 is 27.7 Å². The first-order valence-corrected chi connectivity index (χ1v) is 12.2. The number of hydrogen-bond acceptors (Lipinski definition) is 6. The monoisotopic (exact) mass is 448 g/mol. The van der Waals surface area contributed by atoms with E-state index in [0.29, 0.717) is 24.3 Å². The van der Waals surface area contributed by atoms with Crippen molar-refractivity contribution < 1.29 is 22.7 Å². The lowest BCUT2D eigenvalue weighted by molar-refractivity contribution is -0.115. The van der Waals surface area contributed by atoms with Gasteiger partial charge in [0, 0.05) is 30.5 Å². The number of H-pyrrole nitrogens is 1. The highest BCUT2D eigenvalue weighted by atomic mass is 32.2. The predicted molar refractivity (Wildman–Crippen MR) is 116 cm³/mol. The first-order valence-electron chi connectivity index (χ1n) is 10.3. The number of alkyl carbamates (subject to hydrolysis) is 1. The van der Waals surface area contributed by atoms with Crippen LogP contribution in [0.15, 0.2) is 35.2 Å². The summed E-state index contributed by atoms with van der Waals surface area (Å²) in [5.74, 6) is 0.185. The van der Waals surface area contributed by atoms with Crippen LogP contribution in [0, 0.1) is 0 Å². The minimum absolute atomic E-state index is 0.0718. The van der Waals surface area contributed by atoms with Crippen molar-refractivity contribution in [2.45, 2.75) is 55.9 Å². The van der Waals surface area contributed by atoms with Gasteiger partial charge in [0.1, 0.15) is 6.10 Å². The molecule has 2 atom stereocenters. The molecule has 9 nitrogen and oxygen atoms in total. The molecule has 0 unspecified atom stereocenters. The van der Waals surface area contributed by atoms with Crippen molar-refractivity contribution in [3.63, 3.8) is 0 Å². The molecule has 2 aromatic rings. The summed E-state index contributed by atoms with van der Waals surface area (Å²) in [5.41, 5.74) is 1.31. The number of rotatable bonds is 8. The fraction of sp³-hybridized carbons (Fsp3) is 0.476. The Morgan fingerprint density at radius 2 is 2.03 bits per heavy atom. The molecule has 1 saturated carbocycles. The predicted octanol–water partition coefficient (Wildman–Crippen LogP) is 2.77. The molecular formula is C21H28N4O5S. The van der Waals surface area contributed by atoms with Gasteiger partial charge in [0.25, 0.3) is 0 Å². The molecule has 1 aromatic heterocycles. The van der Waals surface area contributed by atoms with Gasteiger partial charge in [-0.25, -0.2) is 13.2 Å². The number of aromatic nitrogens is 2. The molecule has 3 rings (SSSR count). The van der Waals surface area contributed by atoms with Gasteiger partial charge < -0.3 is 15.4 Å². The average molecular weight is 449 g/mol. The van der Waals surface area contributed by atoms with Crippen LogP contribution >= 0.6 is 0 Å². The maximum absolute atomic E-state index is 12.4. The second kappa shape index (κ2) is 9.95. The van der Waals surface area contributed by atoms with Crippen LogP contribution in [0.4, 0.5) is 10.6 Å². The van der Waals surface area contributed by atoms with Crippen LogP contribution in [0.2, 0.25) is 0 Å². The maximum Gasteiger partial charge on any atom is 0.407 e. The first kappa shape index (κ1) is 22.8. The highest BCUT2D eigenvalue weighted by Crippen LogP contribution is 2.35. The summed E-state index contributed by atoms with van der Waals surface area (Å²) in [7, 11) is -3.42. The van der Waals surface area contributed by atoms with E-state index in [9.17, 15) is 18.0 Å². The quantitative estimate of drug-likeness (QED) is 0.569. The van der Waals surface area contributed by atoms with Crippen LogP contribution in [0.5, 0.6) is 0 Å². The minimum Gasteiger partial charge on any atom is -0.446 e. The van der Waals surface area contributed by atoms with Crippen molar-refractivity contribution in [2.24, 2.45) is 0 Å². The Morgan fingerprint density at radius 1 is 1.26 bits per heavy atom. The van der Waals surface area contributed by atoms with E-state index in [1.807, 2.05) is 6.92 Å². The Hall–Kier alpha value is -2.88. The number of ether oxygens (including phenoxy) is 1. The number of sulfone groups is 1. The molecule has 0 spiro atoms. The van der Waals surface area contributed by atoms with Crippen LogP contribution in [-0.4, -0.2) is 49.5 Å². The smallest absolute Gasteiger partial charge is 0.407 e. The number of carbonyl (C=O) groups excluding carboxylic acids is 2. The minimum atomic E-state index is -3.42. The summed E-state index contributed by atoms with van der Waals surface area (Å²) < 4.78 is 29.2. The van der Waals surface area contributed by atoms with E-state index in [1.54, 1.807) is 24.3 Å². The lowest BCUT2D eigenvalue weighted by atomic mass is 10.0. The first-order chi connectivity index (χ1) is 14.8. The normalized spacial score (nSPS) is 18.5. The molecule has 0 aliphatic heterocycles. The lowest BCUT2D eigenvalue weighted by Crippen LogP contribution is -2.28. The average Bonchev–Trinajstić information content (AvgIpc) is 3.35. The molecule has 3 N–H and O–H groups in total. The van der Waals surface area contributed by atoms with Gasteiger partial charge in [0.2, 0.25) is 5.91 Å². The van der Waals surface area contributed by atoms with E-state index >= 15 is 0 Å². The van der Waals surface area contributed by atoms with Gasteiger partial charge in [0.15, 0.2) is 15.7 Å². The number of carbonyl (C=O) groups is 2. The van der Waals surface area contributed by atoms with Gasteiger partial charge in [-0.05, 0) is 37.3 Å². The molecule has 31 heavy (non-hydrogen) atoms. The Balaban J connectivity index is 1.55. The van der Waals surface area contributed by atoms with Crippen LogP contribution in [0.1, 0.15) is 49.8 Å². The van der Waals surface area contributed by atoms with Crippen LogP contribution in [0.3, 0.4) is 0 Å². The van der Waals surface area contributed by atoms with E-state index in [-0.39, 0.29) is 35.3 Å². The van der Waals surface area contributed by atoms with Crippen molar-refractivity contribution in [1.29, 1.82) is 0 Å². The molecule has 1 aliphatic carbocycles. The molecule has 1 aromatic carbocycles.